The molecule has 1 spiro atoms. The van der Waals surface area contributed by atoms with Crippen molar-refractivity contribution in [3.8, 4) is 0 Å². The van der Waals surface area contributed by atoms with Crippen LogP contribution in [0.1, 0.15) is 18.9 Å². The van der Waals surface area contributed by atoms with Crippen molar-refractivity contribution in [1.29, 1.82) is 0 Å². The molecule has 3 rings (SSSR count). The van der Waals surface area contributed by atoms with Crippen LogP contribution in [0.5, 0.6) is 0 Å². The predicted octanol–water partition coefficient (Wildman–Crippen LogP) is 2.84. The monoisotopic (exact) mass is 412 g/mol. The van der Waals surface area contributed by atoms with Gasteiger partial charge in [0, 0.05) is 36.9 Å². The zero-order valence-electron chi connectivity index (χ0n) is 14.9. The van der Waals surface area contributed by atoms with Crippen LogP contribution in [0.15, 0.2) is 40.4 Å². The number of thioether (sulfide) groups is 1. The molecule has 1 fully saturated rings. The fourth-order valence-corrected chi connectivity index (χ4v) is 4.48. The van der Waals surface area contributed by atoms with E-state index in [4.69, 9.17) is 17.3 Å². The topological polar surface area (TPSA) is 81.8 Å². The van der Waals surface area contributed by atoms with E-state index >= 15 is 0 Å². The molecule has 2 aliphatic rings. The van der Waals surface area contributed by atoms with Gasteiger partial charge >= 0.3 is 6.03 Å². The van der Waals surface area contributed by atoms with E-state index in [1.54, 1.807) is 17.9 Å². The molecule has 0 radical (unpaired) electrons. The van der Waals surface area contributed by atoms with Gasteiger partial charge in [0.15, 0.2) is 0 Å². The van der Waals surface area contributed by atoms with Crippen molar-refractivity contribution in [2.75, 3.05) is 24.5 Å². The first-order valence-corrected chi connectivity index (χ1v) is 9.70. The number of halogens is 2. The molecule has 9 heteroatoms. The van der Waals surface area contributed by atoms with Crippen LogP contribution >= 0.6 is 23.4 Å². The smallest absolute Gasteiger partial charge is 0.326 e. The Bertz CT molecular complexity index is 804. The molecule has 27 heavy (non-hydrogen) atoms. The minimum Gasteiger partial charge on any atom is -0.403 e. The molecular formula is C18H22ClFN4O2S. The van der Waals surface area contributed by atoms with E-state index in [1.165, 1.54) is 18.3 Å². The summed E-state index contributed by atoms with van der Waals surface area (Å²) >= 11 is 6.89. The highest BCUT2D eigenvalue weighted by atomic mass is 35.5. The molecule has 146 valence electrons. The van der Waals surface area contributed by atoms with Crippen molar-refractivity contribution in [3.05, 3.63) is 51.8 Å². The number of nitrogens with one attached hydrogen (secondary N) is 1. The molecule has 2 amide bonds. The Hall–Kier alpha value is -1.74. The van der Waals surface area contributed by atoms with Crippen LogP contribution in [-0.2, 0) is 5.41 Å². The molecule has 2 atom stereocenters. The third-order valence-electron chi connectivity index (χ3n) is 5.04. The Labute approximate surface area is 166 Å². The molecule has 2 unspecified atom stereocenters. The van der Waals surface area contributed by atoms with Gasteiger partial charge < -0.3 is 16.2 Å². The van der Waals surface area contributed by atoms with Gasteiger partial charge in [-0.25, -0.2) is 9.18 Å². The number of amides is 2. The molecule has 1 saturated heterocycles. The average molecular weight is 413 g/mol. The van der Waals surface area contributed by atoms with Gasteiger partial charge in [0.1, 0.15) is 12.0 Å². The summed E-state index contributed by atoms with van der Waals surface area (Å²) in [5.41, 5.74) is 6.38. The second-order valence-electron chi connectivity index (χ2n) is 6.81. The molecule has 0 aliphatic carbocycles. The van der Waals surface area contributed by atoms with Gasteiger partial charge in [-0.1, -0.05) is 29.9 Å². The zero-order valence-corrected chi connectivity index (χ0v) is 16.5. The van der Waals surface area contributed by atoms with Crippen LogP contribution < -0.4 is 16.0 Å². The summed E-state index contributed by atoms with van der Waals surface area (Å²) < 4.78 is 14.2. The summed E-state index contributed by atoms with van der Waals surface area (Å²) in [7, 11) is 0. The Balaban J connectivity index is 1.85. The number of aliphatic hydroxyl groups is 1. The first-order chi connectivity index (χ1) is 12.8. The quantitative estimate of drug-likeness (QED) is 0.708. The summed E-state index contributed by atoms with van der Waals surface area (Å²) in [5.74, 6) is -0.342. The number of urea groups is 1. The van der Waals surface area contributed by atoms with Crippen molar-refractivity contribution in [2.24, 2.45) is 5.73 Å². The van der Waals surface area contributed by atoms with E-state index < -0.39 is 11.6 Å². The first kappa shape index (κ1) is 20.0. The van der Waals surface area contributed by atoms with Gasteiger partial charge in [-0.15, -0.1) is 0 Å². The molecule has 0 saturated carbocycles. The number of carbonyl (C=O) groups excluding carboxylic acids is 1. The maximum absolute atomic E-state index is 13.9. The van der Waals surface area contributed by atoms with Crippen molar-refractivity contribution in [2.45, 2.75) is 25.0 Å². The van der Waals surface area contributed by atoms with Crippen LogP contribution in [0.3, 0.4) is 0 Å². The minimum atomic E-state index is -0.592. The normalized spacial score (nSPS) is 23.6. The molecular weight excluding hydrogens is 391 g/mol. The molecule has 2 aliphatic heterocycles. The molecule has 0 aromatic heterocycles. The number of aliphatic hydroxyl groups excluding tert-OH is 1. The van der Waals surface area contributed by atoms with Crippen LogP contribution in [-0.4, -0.2) is 41.9 Å². The number of hydrogen-bond acceptors (Lipinski definition) is 5. The van der Waals surface area contributed by atoms with Gasteiger partial charge in [-0.3, -0.25) is 9.80 Å². The number of rotatable bonds is 4. The molecule has 6 nitrogen and oxygen atoms in total. The standard InChI is InChI=1S/C18H22ClFN4O2S/c1-11(27-16(19)8-21)22-17(26)24-10-18(5-6-23(9-18)12(2)25)14-7-13(20)3-4-15(14)24/h3-4,7-8,12,25H,1,5-6,9-10,21H2,2H3,(H,22,26)/b16-8-. The van der Waals surface area contributed by atoms with Gasteiger partial charge in [-0.05, 0) is 37.1 Å². The van der Waals surface area contributed by atoms with Crippen molar-refractivity contribution < 1.29 is 14.3 Å². The van der Waals surface area contributed by atoms with Gasteiger partial charge in [-0.2, -0.15) is 0 Å². The summed E-state index contributed by atoms with van der Waals surface area (Å²) in [6.07, 6.45) is 1.36. The average Bonchev–Trinajstić information content (AvgIpc) is 3.18. The third kappa shape index (κ3) is 3.94. The lowest BCUT2D eigenvalue weighted by atomic mass is 9.81. The molecule has 1 aromatic carbocycles. The molecule has 2 heterocycles. The number of benzene rings is 1. The molecule has 0 bridgehead atoms. The number of nitrogens with zero attached hydrogens (tertiary/aromatic N) is 2. The molecule has 4 N–H and O–H groups in total. The van der Waals surface area contributed by atoms with Crippen LogP contribution in [0.25, 0.3) is 0 Å². The summed E-state index contributed by atoms with van der Waals surface area (Å²) in [5, 5.41) is 13.0. The highest BCUT2D eigenvalue weighted by Crippen LogP contribution is 2.47. The summed E-state index contributed by atoms with van der Waals surface area (Å²) in [6, 6.07) is 4.09. The number of carbonyl (C=O) groups is 1. The van der Waals surface area contributed by atoms with E-state index in [0.29, 0.717) is 34.7 Å². The largest absolute Gasteiger partial charge is 0.403 e. The van der Waals surface area contributed by atoms with Crippen molar-refractivity contribution >= 4 is 35.1 Å². The first-order valence-electron chi connectivity index (χ1n) is 8.50. The summed E-state index contributed by atoms with van der Waals surface area (Å²) in [6.45, 7) is 7.12. The van der Waals surface area contributed by atoms with E-state index in [9.17, 15) is 14.3 Å². The minimum absolute atomic E-state index is 0.295. The van der Waals surface area contributed by atoms with Crippen LogP contribution in [0, 0.1) is 5.82 Å². The highest BCUT2D eigenvalue weighted by Gasteiger charge is 2.49. The fourth-order valence-electron chi connectivity index (χ4n) is 3.76. The SMILES string of the molecule is C=C(NC(=O)N1CC2(CCN(C(C)O)C2)c2cc(F)ccc21)S/C(Cl)=C\N. The highest BCUT2D eigenvalue weighted by molar-refractivity contribution is 8.08. The maximum Gasteiger partial charge on any atom is 0.326 e. The number of hydrogen-bond donors (Lipinski definition) is 3. The van der Waals surface area contributed by atoms with Crippen molar-refractivity contribution in [1.82, 2.24) is 10.2 Å². The van der Waals surface area contributed by atoms with E-state index in [0.717, 1.165) is 23.7 Å². The second kappa shape index (κ2) is 7.71. The lowest BCUT2D eigenvalue weighted by Crippen LogP contribution is -2.43. The lowest BCUT2D eigenvalue weighted by molar-refractivity contribution is 0.0329. The number of anilines is 1. The van der Waals surface area contributed by atoms with Crippen LogP contribution in [0.2, 0.25) is 0 Å². The number of fused-ring (bicyclic) bond motifs is 2. The zero-order chi connectivity index (χ0) is 19.8. The van der Waals surface area contributed by atoms with Gasteiger partial charge in [0.2, 0.25) is 0 Å². The predicted molar refractivity (Wildman–Crippen MR) is 107 cm³/mol. The Morgan fingerprint density at radius 3 is 2.93 bits per heavy atom. The Kier molecular flexibility index (Phi) is 5.71. The van der Waals surface area contributed by atoms with Gasteiger partial charge in [0.25, 0.3) is 0 Å². The van der Waals surface area contributed by atoms with Crippen molar-refractivity contribution in [3.63, 3.8) is 0 Å². The summed E-state index contributed by atoms with van der Waals surface area (Å²) in [4.78, 5) is 16.3. The number of nitrogens with two attached hydrogens (primary N) is 1. The number of likely N-dealkylation sites (tertiary alicyclic amines) is 1. The molecule has 1 aromatic rings. The Morgan fingerprint density at radius 1 is 1.56 bits per heavy atom. The van der Waals surface area contributed by atoms with E-state index in [1.807, 2.05) is 4.90 Å². The van der Waals surface area contributed by atoms with Gasteiger partial charge in [0.05, 0.1) is 9.39 Å². The third-order valence-corrected chi connectivity index (χ3v) is 6.07. The van der Waals surface area contributed by atoms with E-state index in [2.05, 4.69) is 11.9 Å². The van der Waals surface area contributed by atoms with E-state index in [-0.39, 0.29) is 11.8 Å². The van der Waals surface area contributed by atoms with Crippen LogP contribution in [0.4, 0.5) is 14.9 Å². The fraction of sp³-hybridized carbons (Fsp3) is 0.389. The maximum atomic E-state index is 13.9. The lowest BCUT2D eigenvalue weighted by Gasteiger charge is -2.27. The second-order valence-corrected chi connectivity index (χ2v) is 8.57. The Morgan fingerprint density at radius 2 is 2.30 bits per heavy atom.